The topological polar surface area (TPSA) is 80.3 Å². The number of hydrogen-bond donors (Lipinski definition) is 2. The van der Waals surface area contributed by atoms with Gasteiger partial charge in [0.25, 0.3) is 0 Å². The summed E-state index contributed by atoms with van der Waals surface area (Å²) in [5.74, 6) is -0.549. The van der Waals surface area contributed by atoms with E-state index in [2.05, 4.69) is 20.4 Å². The molecule has 29 heavy (non-hydrogen) atoms. The largest absolute Gasteiger partial charge is 0.573 e. The van der Waals surface area contributed by atoms with E-state index in [0.29, 0.717) is 11.1 Å². The van der Waals surface area contributed by atoms with Gasteiger partial charge in [-0.3, -0.25) is 9.59 Å². The highest BCUT2D eigenvalue weighted by atomic mass is 19.4. The Morgan fingerprint density at radius 3 is 2.14 bits per heavy atom. The molecule has 3 rings (SSSR count). The number of rotatable bonds is 6. The number of halogens is 3. The number of amides is 2. The van der Waals surface area contributed by atoms with Crippen molar-refractivity contribution in [3.63, 3.8) is 0 Å². The van der Waals surface area contributed by atoms with Crippen LogP contribution in [0.1, 0.15) is 26.7 Å². The lowest BCUT2D eigenvalue weighted by atomic mass is 10.1. The highest BCUT2D eigenvalue weighted by molar-refractivity contribution is 5.95. The van der Waals surface area contributed by atoms with Crippen LogP contribution in [0.3, 0.4) is 0 Å². The standard InChI is InChI=1S/C20H20F3N3O3/c1-11(2)18(27)25-16-9-14(10-17(24-16)26-19(28)13-3-4-13)12-5-7-15(8-6-12)29-20(21,22)23/h5-11,13H,3-4H2,1-2H3,(H2,24,25,26,27,28). The molecule has 2 N–H and O–H groups in total. The Kier molecular flexibility index (Phi) is 5.76. The average molecular weight is 407 g/mol. The van der Waals surface area contributed by atoms with Gasteiger partial charge in [0, 0.05) is 11.8 Å². The van der Waals surface area contributed by atoms with Crippen LogP contribution in [0.15, 0.2) is 36.4 Å². The third-order valence-corrected chi connectivity index (χ3v) is 4.22. The van der Waals surface area contributed by atoms with Gasteiger partial charge in [0.2, 0.25) is 11.8 Å². The number of aromatic nitrogens is 1. The quantitative estimate of drug-likeness (QED) is 0.734. The average Bonchev–Trinajstić information content (AvgIpc) is 3.46. The van der Waals surface area contributed by atoms with Crippen molar-refractivity contribution in [1.29, 1.82) is 0 Å². The van der Waals surface area contributed by atoms with Crippen LogP contribution in [0.2, 0.25) is 0 Å². The van der Waals surface area contributed by atoms with E-state index in [-0.39, 0.29) is 41.0 Å². The molecule has 2 aromatic rings. The van der Waals surface area contributed by atoms with Crippen molar-refractivity contribution < 1.29 is 27.5 Å². The predicted molar refractivity (Wildman–Crippen MR) is 101 cm³/mol. The van der Waals surface area contributed by atoms with Crippen LogP contribution in [0.4, 0.5) is 24.8 Å². The molecule has 1 saturated carbocycles. The van der Waals surface area contributed by atoms with Crippen LogP contribution < -0.4 is 15.4 Å². The smallest absolute Gasteiger partial charge is 0.406 e. The second kappa shape index (κ2) is 8.10. The van der Waals surface area contributed by atoms with Crippen molar-refractivity contribution in [3.05, 3.63) is 36.4 Å². The molecule has 0 spiro atoms. The molecule has 0 bridgehead atoms. The van der Waals surface area contributed by atoms with Gasteiger partial charge in [-0.15, -0.1) is 13.2 Å². The van der Waals surface area contributed by atoms with Crippen LogP contribution in [0.25, 0.3) is 11.1 Å². The zero-order valence-corrected chi connectivity index (χ0v) is 15.8. The number of pyridine rings is 1. The number of anilines is 2. The molecule has 1 aliphatic carbocycles. The molecule has 1 aromatic carbocycles. The number of alkyl halides is 3. The Morgan fingerprint density at radius 2 is 1.62 bits per heavy atom. The fraction of sp³-hybridized carbons (Fsp3) is 0.350. The molecule has 0 unspecified atom stereocenters. The van der Waals surface area contributed by atoms with E-state index in [1.807, 2.05) is 0 Å². The number of nitrogens with zero attached hydrogens (tertiary/aromatic N) is 1. The molecule has 0 radical (unpaired) electrons. The molecule has 9 heteroatoms. The van der Waals surface area contributed by atoms with Gasteiger partial charge in [-0.25, -0.2) is 4.98 Å². The predicted octanol–water partition coefficient (Wildman–Crippen LogP) is 4.59. The van der Waals surface area contributed by atoms with Crippen LogP contribution in [-0.2, 0) is 9.59 Å². The summed E-state index contributed by atoms with van der Waals surface area (Å²) in [6.45, 7) is 3.46. The molecular formula is C20H20F3N3O3. The molecule has 0 aliphatic heterocycles. The fourth-order valence-electron chi connectivity index (χ4n) is 2.52. The van der Waals surface area contributed by atoms with E-state index in [0.717, 1.165) is 12.8 Å². The Morgan fingerprint density at radius 1 is 1.03 bits per heavy atom. The number of carbonyl (C=O) groups excluding carboxylic acids is 2. The first-order chi connectivity index (χ1) is 13.6. The Balaban J connectivity index is 1.89. The van der Waals surface area contributed by atoms with Gasteiger partial charge in [0.15, 0.2) is 0 Å². The highest BCUT2D eigenvalue weighted by Crippen LogP contribution is 2.32. The van der Waals surface area contributed by atoms with Gasteiger partial charge in [-0.05, 0) is 48.2 Å². The lowest BCUT2D eigenvalue weighted by Crippen LogP contribution is -2.20. The van der Waals surface area contributed by atoms with Crippen LogP contribution >= 0.6 is 0 Å². The van der Waals surface area contributed by atoms with Crippen LogP contribution in [-0.4, -0.2) is 23.2 Å². The lowest BCUT2D eigenvalue weighted by Gasteiger charge is -2.13. The first kappa shape index (κ1) is 20.6. The van der Waals surface area contributed by atoms with E-state index in [9.17, 15) is 22.8 Å². The van der Waals surface area contributed by atoms with Gasteiger partial charge in [-0.1, -0.05) is 26.0 Å². The summed E-state index contributed by atoms with van der Waals surface area (Å²) in [5, 5.41) is 5.40. The van der Waals surface area contributed by atoms with Gasteiger partial charge in [0.05, 0.1) is 0 Å². The number of nitrogens with one attached hydrogen (secondary N) is 2. The van der Waals surface area contributed by atoms with Gasteiger partial charge in [0.1, 0.15) is 17.4 Å². The van der Waals surface area contributed by atoms with Gasteiger partial charge in [-0.2, -0.15) is 0 Å². The SMILES string of the molecule is CC(C)C(=O)Nc1cc(-c2ccc(OC(F)(F)F)cc2)cc(NC(=O)C2CC2)n1. The number of carbonyl (C=O) groups is 2. The minimum Gasteiger partial charge on any atom is -0.406 e. The molecule has 1 heterocycles. The second-order valence-electron chi connectivity index (χ2n) is 7.11. The summed E-state index contributed by atoms with van der Waals surface area (Å²) < 4.78 is 40.9. The molecule has 2 amide bonds. The maximum atomic E-state index is 12.3. The minimum absolute atomic E-state index is 0.0343. The normalized spacial score (nSPS) is 13.9. The number of benzene rings is 1. The van der Waals surface area contributed by atoms with Crippen LogP contribution in [0.5, 0.6) is 5.75 Å². The van der Waals surface area contributed by atoms with Gasteiger partial charge < -0.3 is 15.4 Å². The molecule has 154 valence electrons. The van der Waals surface area contributed by atoms with Crippen molar-refractivity contribution in [3.8, 4) is 16.9 Å². The van der Waals surface area contributed by atoms with Crippen molar-refractivity contribution in [1.82, 2.24) is 4.98 Å². The number of ether oxygens (including phenoxy) is 1. The monoisotopic (exact) mass is 407 g/mol. The maximum absolute atomic E-state index is 12.3. The summed E-state index contributed by atoms with van der Waals surface area (Å²) in [7, 11) is 0. The first-order valence-electron chi connectivity index (χ1n) is 9.11. The summed E-state index contributed by atoms with van der Waals surface area (Å²) in [6.07, 6.45) is -3.13. The van der Waals surface area contributed by atoms with Crippen LogP contribution in [0, 0.1) is 11.8 Å². The third kappa shape index (κ3) is 5.94. The van der Waals surface area contributed by atoms with E-state index in [1.54, 1.807) is 26.0 Å². The Hall–Kier alpha value is -3.10. The van der Waals surface area contributed by atoms with Crippen molar-refractivity contribution in [2.24, 2.45) is 11.8 Å². The minimum atomic E-state index is -4.77. The molecule has 1 aliphatic rings. The summed E-state index contributed by atoms with van der Waals surface area (Å²) in [4.78, 5) is 28.4. The van der Waals surface area contributed by atoms with E-state index < -0.39 is 6.36 Å². The second-order valence-corrected chi connectivity index (χ2v) is 7.11. The fourth-order valence-corrected chi connectivity index (χ4v) is 2.52. The summed E-state index contributed by atoms with van der Waals surface area (Å²) in [5.41, 5.74) is 1.15. The molecule has 1 aromatic heterocycles. The number of hydrogen-bond acceptors (Lipinski definition) is 4. The zero-order chi connectivity index (χ0) is 21.2. The molecule has 1 fully saturated rings. The Labute approximate surface area is 165 Å². The first-order valence-corrected chi connectivity index (χ1v) is 9.11. The van der Waals surface area contributed by atoms with E-state index in [4.69, 9.17) is 0 Å². The van der Waals surface area contributed by atoms with Crippen molar-refractivity contribution >= 4 is 23.5 Å². The van der Waals surface area contributed by atoms with Crippen molar-refractivity contribution in [2.45, 2.75) is 33.1 Å². The van der Waals surface area contributed by atoms with Crippen molar-refractivity contribution in [2.75, 3.05) is 10.6 Å². The molecule has 0 atom stereocenters. The Bertz CT molecular complexity index is 873. The highest BCUT2D eigenvalue weighted by Gasteiger charge is 2.31. The third-order valence-electron chi connectivity index (χ3n) is 4.22. The zero-order valence-electron chi connectivity index (χ0n) is 15.8. The van der Waals surface area contributed by atoms with Gasteiger partial charge >= 0.3 is 6.36 Å². The summed E-state index contributed by atoms with van der Waals surface area (Å²) >= 11 is 0. The lowest BCUT2D eigenvalue weighted by molar-refractivity contribution is -0.274. The maximum Gasteiger partial charge on any atom is 0.573 e. The summed E-state index contributed by atoms with van der Waals surface area (Å²) in [6, 6.07) is 8.49. The van der Waals surface area contributed by atoms with E-state index in [1.165, 1.54) is 24.3 Å². The van der Waals surface area contributed by atoms with E-state index >= 15 is 0 Å². The molecule has 6 nitrogen and oxygen atoms in total. The molecular weight excluding hydrogens is 387 g/mol. The molecule has 0 saturated heterocycles.